The lowest BCUT2D eigenvalue weighted by molar-refractivity contribution is -0.124. The largest absolute Gasteiger partial charge is 0.323 e. The van der Waals surface area contributed by atoms with Crippen molar-refractivity contribution < 1.29 is 28.8 Å². The maximum Gasteiger partial charge on any atom is 0.255 e. The summed E-state index contributed by atoms with van der Waals surface area (Å²) in [6.45, 7) is 9.35. The van der Waals surface area contributed by atoms with Gasteiger partial charge in [-0.25, -0.2) is 0 Å². The van der Waals surface area contributed by atoms with Crippen LogP contribution in [0.2, 0.25) is 0 Å². The molecule has 5 rings (SSSR count). The fourth-order valence-electron chi connectivity index (χ4n) is 4.87. The number of allylic oxidation sites excluding steroid dienone is 9. The molecule has 3 amide bonds. The number of rotatable bonds is 8. The second-order valence-corrected chi connectivity index (χ2v) is 13.1. The van der Waals surface area contributed by atoms with E-state index in [1.165, 1.54) is 0 Å². The molecule has 3 aliphatic rings. The normalized spacial score (nSPS) is 15.6. The average molecular weight is 745 g/mol. The Bertz CT molecular complexity index is 1900. The summed E-state index contributed by atoms with van der Waals surface area (Å²) in [5.74, 6) is -1.60. The maximum atomic E-state index is 12.0. The van der Waals surface area contributed by atoms with E-state index in [1.54, 1.807) is 86.7 Å². The first-order valence-electron chi connectivity index (χ1n) is 17.0. The minimum Gasteiger partial charge on any atom is -0.323 e. The van der Waals surface area contributed by atoms with Gasteiger partial charge in [0.1, 0.15) is 0 Å². The summed E-state index contributed by atoms with van der Waals surface area (Å²) in [5, 5.41) is 8.33. The van der Waals surface area contributed by atoms with E-state index in [0.29, 0.717) is 41.8 Å². The number of ketones is 3. The van der Waals surface area contributed by atoms with Crippen molar-refractivity contribution in [2.45, 2.75) is 66.7 Å². The highest BCUT2D eigenvalue weighted by Crippen LogP contribution is 2.26. The molecule has 3 N–H and O–H groups in total. The van der Waals surface area contributed by atoms with Gasteiger partial charge in [0, 0.05) is 17.0 Å². The van der Waals surface area contributed by atoms with Crippen molar-refractivity contribution in [1.29, 1.82) is 0 Å². The molecule has 0 saturated heterocycles. The lowest BCUT2D eigenvalue weighted by Crippen LogP contribution is -2.32. The Balaban J connectivity index is 0.000000211. The Kier molecular flexibility index (Phi) is 15.9. The number of carbonyl (C=O) groups excluding carboxylic acids is 6. The van der Waals surface area contributed by atoms with E-state index < -0.39 is 0 Å². The summed E-state index contributed by atoms with van der Waals surface area (Å²) in [6.07, 6.45) is 10.2. The topological polar surface area (TPSA) is 139 Å². The summed E-state index contributed by atoms with van der Waals surface area (Å²) >= 11 is 11.9. The van der Waals surface area contributed by atoms with Crippen molar-refractivity contribution in [3.63, 3.8) is 0 Å². The van der Waals surface area contributed by atoms with Crippen LogP contribution >= 0.6 is 23.2 Å². The van der Waals surface area contributed by atoms with Crippen LogP contribution in [0.5, 0.6) is 0 Å². The van der Waals surface area contributed by atoms with E-state index in [9.17, 15) is 28.8 Å². The molecule has 272 valence electrons. The zero-order valence-electron chi connectivity index (χ0n) is 29.9. The van der Waals surface area contributed by atoms with Crippen molar-refractivity contribution in [1.82, 2.24) is 16.0 Å². The molecule has 0 radical (unpaired) electrons. The molecule has 0 heterocycles. The Hall–Kier alpha value is -5.12. The summed E-state index contributed by atoms with van der Waals surface area (Å²) in [7, 11) is 0. The van der Waals surface area contributed by atoms with Crippen LogP contribution in [-0.2, 0) is 19.2 Å². The molecule has 0 saturated carbocycles. The molecule has 3 aliphatic carbocycles. The van der Waals surface area contributed by atoms with Crippen molar-refractivity contribution >= 4 is 58.3 Å². The number of nitrogens with one attached hydrogen (secondary N) is 3. The van der Waals surface area contributed by atoms with E-state index in [-0.39, 0.29) is 56.8 Å². The third-order valence-electron chi connectivity index (χ3n) is 8.09. The molecule has 0 spiro atoms. The van der Waals surface area contributed by atoms with Gasteiger partial charge < -0.3 is 16.0 Å². The van der Waals surface area contributed by atoms with Gasteiger partial charge in [0.15, 0.2) is 0 Å². The molecule has 0 fully saturated rings. The first-order valence-corrected chi connectivity index (χ1v) is 17.7. The molecule has 2 aromatic carbocycles. The first kappa shape index (κ1) is 41.3. The molecule has 0 bridgehead atoms. The van der Waals surface area contributed by atoms with Crippen LogP contribution in [0.25, 0.3) is 0 Å². The van der Waals surface area contributed by atoms with Gasteiger partial charge in [0.2, 0.25) is 23.3 Å². The van der Waals surface area contributed by atoms with Gasteiger partial charge in [-0.05, 0) is 80.5 Å². The Morgan fingerprint density at radius 3 is 1.44 bits per heavy atom. The number of carbonyl (C=O) groups is 6. The number of amides is 3. The first-order chi connectivity index (χ1) is 24.8. The van der Waals surface area contributed by atoms with E-state index >= 15 is 0 Å². The van der Waals surface area contributed by atoms with Gasteiger partial charge in [-0.3, -0.25) is 28.8 Å². The maximum absolute atomic E-state index is 12.0. The van der Waals surface area contributed by atoms with Crippen LogP contribution in [-0.4, -0.2) is 35.1 Å². The predicted octanol–water partition coefficient (Wildman–Crippen LogP) is 7.91. The highest BCUT2D eigenvalue weighted by molar-refractivity contribution is 6.46. The van der Waals surface area contributed by atoms with Gasteiger partial charge in [0.25, 0.3) is 11.8 Å². The molecular weight excluding hydrogens is 701 g/mol. The van der Waals surface area contributed by atoms with Crippen molar-refractivity contribution in [2.75, 3.05) is 0 Å². The molecule has 2 aromatic rings. The fourth-order valence-corrected chi connectivity index (χ4v) is 5.49. The Morgan fingerprint density at radius 2 is 1.04 bits per heavy atom. The third-order valence-corrected chi connectivity index (χ3v) is 8.97. The number of Topliss-reactive ketones (excluding diaryl/α,β-unsaturated/α-hetero) is 2. The minimum absolute atomic E-state index is 0.141. The van der Waals surface area contributed by atoms with Gasteiger partial charge in [-0.15, -0.1) is 0 Å². The average Bonchev–Trinajstić information content (AvgIpc) is 3.14. The number of hydrogen-bond acceptors (Lipinski definition) is 6. The molecule has 11 heteroatoms. The summed E-state index contributed by atoms with van der Waals surface area (Å²) in [4.78, 5) is 70.6. The van der Waals surface area contributed by atoms with Crippen LogP contribution in [0, 0.1) is 5.92 Å². The van der Waals surface area contributed by atoms with Crippen LogP contribution in [0.1, 0.15) is 87.4 Å². The molecule has 0 atom stereocenters. The van der Waals surface area contributed by atoms with Gasteiger partial charge in [0.05, 0.1) is 27.2 Å². The molecule has 0 aliphatic heterocycles. The summed E-state index contributed by atoms with van der Waals surface area (Å²) in [5.41, 5.74) is 4.83. The van der Waals surface area contributed by atoms with Crippen LogP contribution < -0.4 is 16.0 Å². The van der Waals surface area contributed by atoms with Gasteiger partial charge >= 0.3 is 0 Å². The predicted molar refractivity (Wildman–Crippen MR) is 204 cm³/mol. The second kappa shape index (κ2) is 20.1. The zero-order chi connectivity index (χ0) is 38.4. The molecule has 9 nitrogen and oxygen atoms in total. The summed E-state index contributed by atoms with van der Waals surface area (Å²) in [6, 6.07) is 17.6. The highest BCUT2D eigenvalue weighted by atomic mass is 35.5. The smallest absolute Gasteiger partial charge is 0.255 e. The monoisotopic (exact) mass is 743 g/mol. The van der Waals surface area contributed by atoms with Gasteiger partial charge in [-0.2, -0.15) is 0 Å². The van der Waals surface area contributed by atoms with Crippen LogP contribution in [0.3, 0.4) is 0 Å². The van der Waals surface area contributed by atoms with Gasteiger partial charge in [-0.1, -0.05) is 111 Å². The number of benzene rings is 2. The number of hydrogen-bond donors (Lipinski definition) is 3. The second-order valence-electron chi connectivity index (χ2n) is 12.3. The Labute approximate surface area is 314 Å². The minimum atomic E-state index is -0.311. The van der Waals surface area contributed by atoms with Crippen molar-refractivity contribution in [2.24, 2.45) is 5.92 Å². The van der Waals surface area contributed by atoms with E-state index in [4.69, 9.17) is 23.2 Å². The van der Waals surface area contributed by atoms with Crippen molar-refractivity contribution in [3.8, 4) is 0 Å². The molecule has 0 unspecified atom stereocenters. The molecule has 0 aromatic heterocycles. The molecule has 52 heavy (non-hydrogen) atoms. The standard InChI is InChI=1S/C15H14ClNO2.C14H13NO2.C12H16ClNO2/c1-2-10-8-9-12(14(18)13(10)16)17-15(19)11-6-4-3-5-7-11;1-10-7-8-12(13(16)9-10)15-14(17)11-5-3-2-4-6-11;1-4-8-5-6-9(11(15)10(8)13)14-12(16)7(2)3/h3-7,9H,2,8H2,1H3,(H,17,19);2-6,8-9H,7H2,1H3,(H,15,17);6-7H,4-5H2,1-3H3,(H,14,16). The van der Waals surface area contributed by atoms with Crippen LogP contribution in [0.4, 0.5) is 0 Å². The van der Waals surface area contributed by atoms with E-state index in [0.717, 1.165) is 29.6 Å². The lowest BCUT2D eigenvalue weighted by Gasteiger charge is -2.16. The van der Waals surface area contributed by atoms with Crippen molar-refractivity contribution in [3.05, 3.63) is 140 Å². The highest BCUT2D eigenvalue weighted by Gasteiger charge is 2.24. The summed E-state index contributed by atoms with van der Waals surface area (Å²) < 4.78 is 0. The lowest BCUT2D eigenvalue weighted by atomic mass is 10.00. The Morgan fingerprint density at radius 1 is 0.635 bits per heavy atom. The zero-order valence-corrected chi connectivity index (χ0v) is 31.4. The van der Waals surface area contributed by atoms with E-state index in [2.05, 4.69) is 16.0 Å². The number of halogens is 2. The molecular formula is C41H43Cl2N3O6. The van der Waals surface area contributed by atoms with E-state index in [1.807, 2.05) is 32.9 Å². The fraction of sp³-hybridized carbons (Fsp3) is 0.268. The SMILES string of the molecule is CC1=CC(=O)C(NC(=O)c2ccccc2)=CC1.CCC1=C(Cl)C(=O)C(NC(=O)C(C)C)=CC1.CCC1=C(Cl)C(=O)C(NC(=O)c2ccccc2)=CC1. The third kappa shape index (κ3) is 11.7. The van der Waals surface area contributed by atoms with Crippen LogP contribution in [0.15, 0.2) is 129 Å². The quantitative estimate of drug-likeness (QED) is 0.251.